The molecule has 0 saturated heterocycles. The highest BCUT2D eigenvalue weighted by Gasteiger charge is 2.32. The third kappa shape index (κ3) is 3.12. The molecule has 1 aliphatic heterocycles. The van der Waals surface area contributed by atoms with E-state index in [1.54, 1.807) is 0 Å². The van der Waals surface area contributed by atoms with E-state index in [1.807, 2.05) is 30.3 Å². The van der Waals surface area contributed by atoms with Crippen molar-refractivity contribution < 1.29 is 0 Å². The van der Waals surface area contributed by atoms with E-state index < -0.39 is 0 Å². The van der Waals surface area contributed by atoms with Gasteiger partial charge in [-0.15, -0.1) is 0 Å². The molecule has 2 nitrogen and oxygen atoms in total. The molecule has 0 fully saturated rings. The lowest BCUT2D eigenvalue weighted by Crippen LogP contribution is -2.32. The molecule has 3 aromatic rings. The average molecular weight is 336 g/mol. The van der Waals surface area contributed by atoms with Crippen LogP contribution in [-0.4, -0.2) is 0 Å². The number of hydrogen-bond acceptors (Lipinski definition) is 2. The highest BCUT2D eigenvalue weighted by Crippen LogP contribution is 2.42. The van der Waals surface area contributed by atoms with Crippen molar-refractivity contribution in [1.29, 1.82) is 5.26 Å². The van der Waals surface area contributed by atoms with Gasteiger partial charge < -0.3 is 4.90 Å². The Kier molecular flexibility index (Phi) is 4.53. The van der Waals surface area contributed by atoms with E-state index in [0.717, 1.165) is 12.1 Å². The third-order valence-electron chi connectivity index (χ3n) is 4.97. The van der Waals surface area contributed by atoms with Crippen LogP contribution >= 0.6 is 0 Å². The number of para-hydroxylation sites is 1. The summed E-state index contributed by atoms with van der Waals surface area (Å²) in [5.74, 6) is 0.232. The first-order valence-corrected chi connectivity index (χ1v) is 8.93. The van der Waals surface area contributed by atoms with Gasteiger partial charge in [-0.1, -0.05) is 78.9 Å². The smallest absolute Gasteiger partial charge is 0.117 e. The van der Waals surface area contributed by atoms with Crippen molar-refractivity contribution >= 4 is 5.69 Å². The van der Waals surface area contributed by atoms with E-state index in [2.05, 4.69) is 77.7 Å². The zero-order valence-corrected chi connectivity index (χ0v) is 14.5. The molecule has 0 radical (unpaired) electrons. The maximum absolute atomic E-state index is 9.89. The molecular weight excluding hydrogens is 316 g/mol. The molecular formula is C24H20N2. The maximum atomic E-state index is 9.89. The van der Waals surface area contributed by atoms with Gasteiger partial charge in [-0.25, -0.2) is 0 Å². The van der Waals surface area contributed by atoms with Gasteiger partial charge in [0.15, 0.2) is 0 Å². The first-order chi connectivity index (χ1) is 12.9. The highest BCUT2D eigenvalue weighted by atomic mass is 15.2. The van der Waals surface area contributed by atoms with Crippen molar-refractivity contribution in [3.05, 3.63) is 114 Å². The fourth-order valence-electron chi connectivity index (χ4n) is 3.74. The Hall–Kier alpha value is -3.31. The molecule has 0 unspecified atom stereocenters. The summed E-state index contributed by atoms with van der Waals surface area (Å²) in [6, 6.07) is 33.7. The zero-order valence-electron chi connectivity index (χ0n) is 14.5. The molecule has 26 heavy (non-hydrogen) atoms. The summed E-state index contributed by atoms with van der Waals surface area (Å²) in [6.45, 7) is 0. The second-order valence-electron chi connectivity index (χ2n) is 6.55. The summed E-state index contributed by atoms with van der Waals surface area (Å²) >= 11 is 0. The molecule has 4 rings (SSSR count). The minimum atomic E-state index is 0.128. The van der Waals surface area contributed by atoms with Gasteiger partial charge >= 0.3 is 0 Å². The van der Waals surface area contributed by atoms with Gasteiger partial charge in [0.25, 0.3) is 0 Å². The van der Waals surface area contributed by atoms with E-state index in [9.17, 15) is 5.26 Å². The summed E-state index contributed by atoms with van der Waals surface area (Å²) in [5.41, 5.74) is 4.26. The van der Waals surface area contributed by atoms with Gasteiger partial charge in [0.05, 0.1) is 6.04 Å². The van der Waals surface area contributed by atoms with Crippen LogP contribution in [0.3, 0.4) is 0 Å². The molecule has 0 bridgehead atoms. The van der Waals surface area contributed by atoms with Gasteiger partial charge in [0.1, 0.15) is 11.8 Å². The van der Waals surface area contributed by atoms with Crippen LogP contribution in [0.1, 0.15) is 29.5 Å². The summed E-state index contributed by atoms with van der Waals surface area (Å²) in [6.07, 6.45) is 3.05. The normalized spacial score (nSPS) is 19.5. The van der Waals surface area contributed by atoms with Crippen LogP contribution in [0.2, 0.25) is 0 Å². The van der Waals surface area contributed by atoms with Gasteiger partial charge in [0, 0.05) is 11.6 Å². The molecule has 2 heteroatoms. The van der Waals surface area contributed by atoms with Crippen LogP contribution in [-0.2, 0) is 0 Å². The third-order valence-corrected chi connectivity index (χ3v) is 4.97. The lowest BCUT2D eigenvalue weighted by atomic mass is 9.84. The second kappa shape index (κ2) is 7.29. The minimum absolute atomic E-state index is 0.128. The fraction of sp³-hybridized carbons (Fsp3) is 0.125. The van der Waals surface area contributed by atoms with E-state index in [1.165, 1.54) is 11.1 Å². The monoisotopic (exact) mass is 336 g/mol. The lowest BCUT2D eigenvalue weighted by Gasteiger charge is -2.39. The van der Waals surface area contributed by atoms with E-state index in [4.69, 9.17) is 0 Å². The Morgan fingerprint density at radius 2 is 1.27 bits per heavy atom. The maximum Gasteiger partial charge on any atom is 0.117 e. The summed E-state index contributed by atoms with van der Waals surface area (Å²) in [7, 11) is 0. The van der Waals surface area contributed by atoms with Gasteiger partial charge in [-0.3, -0.25) is 0 Å². The van der Waals surface area contributed by atoms with Crippen molar-refractivity contribution in [2.45, 2.75) is 18.4 Å². The Morgan fingerprint density at radius 3 is 1.85 bits per heavy atom. The molecule has 0 amide bonds. The SMILES string of the molecule is N#CC1=C[C@@H](c2ccccc2)C[C@@H](c2ccccc2)N1c1ccccc1. The minimum Gasteiger partial charge on any atom is -0.326 e. The molecule has 1 aliphatic rings. The Balaban J connectivity index is 1.83. The van der Waals surface area contributed by atoms with Gasteiger partial charge in [0.2, 0.25) is 0 Å². The van der Waals surface area contributed by atoms with E-state index in [0.29, 0.717) is 5.70 Å². The molecule has 0 aliphatic carbocycles. The highest BCUT2D eigenvalue weighted by molar-refractivity contribution is 5.60. The molecule has 126 valence electrons. The molecule has 0 saturated carbocycles. The predicted molar refractivity (Wildman–Crippen MR) is 106 cm³/mol. The molecule has 3 aromatic carbocycles. The fourth-order valence-corrected chi connectivity index (χ4v) is 3.74. The van der Waals surface area contributed by atoms with Crippen LogP contribution in [0.4, 0.5) is 5.69 Å². The zero-order chi connectivity index (χ0) is 17.8. The number of nitriles is 1. The summed E-state index contributed by atoms with van der Waals surface area (Å²) in [4.78, 5) is 2.18. The van der Waals surface area contributed by atoms with Crippen molar-refractivity contribution in [3.63, 3.8) is 0 Å². The van der Waals surface area contributed by atoms with Crippen molar-refractivity contribution in [2.75, 3.05) is 4.90 Å². The number of hydrogen-bond donors (Lipinski definition) is 0. The first kappa shape index (κ1) is 16.2. The van der Waals surface area contributed by atoms with Gasteiger partial charge in [-0.05, 0) is 35.8 Å². The molecule has 2 atom stereocenters. The quantitative estimate of drug-likeness (QED) is 0.602. The molecule has 0 aromatic heterocycles. The number of rotatable bonds is 3. The van der Waals surface area contributed by atoms with Crippen molar-refractivity contribution in [1.82, 2.24) is 0 Å². The number of allylic oxidation sites excluding steroid dienone is 2. The Morgan fingerprint density at radius 1 is 0.731 bits per heavy atom. The molecule has 0 N–H and O–H groups in total. The standard InChI is InChI=1S/C24H20N2/c25-18-23-16-21(19-10-4-1-5-11-19)17-24(20-12-6-2-7-13-20)26(23)22-14-8-3-9-15-22/h1-16,21,24H,17H2/t21-,24+/m1/s1. The number of benzene rings is 3. The van der Waals surface area contributed by atoms with Crippen molar-refractivity contribution in [3.8, 4) is 6.07 Å². The van der Waals surface area contributed by atoms with Crippen LogP contribution in [0.5, 0.6) is 0 Å². The van der Waals surface area contributed by atoms with Crippen LogP contribution in [0.25, 0.3) is 0 Å². The molecule has 0 spiro atoms. The number of anilines is 1. The van der Waals surface area contributed by atoms with Crippen LogP contribution in [0.15, 0.2) is 103 Å². The summed E-state index contributed by atoms with van der Waals surface area (Å²) < 4.78 is 0. The van der Waals surface area contributed by atoms with E-state index >= 15 is 0 Å². The predicted octanol–water partition coefficient (Wildman–Crippen LogP) is 5.83. The number of nitrogens with zero attached hydrogens (tertiary/aromatic N) is 2. The van der Waals surface area contributed by atoms with Crippen molar-refractivity contribution in [2.24, 2.45) is 0 Å². The van der Waals surface area contributed by atoms with Crippen LogP contribution in [0, 0.1) is 11.3 Å². The topological polar surface area (TPSA) is 27.0 Å². The second-order valence-corrected chi connectivity index (χ2v) is 6.55. The largest absolute Gasteiger partial charge is 0.326 e. The average Bonchev–Trinajstić information content (AvgIpc) is 2.74. The lowest BCUT2D eigenvalue weighted by molar-refractivity contribution is 0.553. The Labute approximate surface area is 154 Å². The summed E-state index contributed by atoms with van der Waals surface area (Å²) in [5, 5.41) is 9.89. The molecule has 1 heterocycles. The van der Waals surface area contributed by atoms with E-state index in [-0.39, 0.29) is 12.0 Å². The Bertz CT molecular complexity index is 924. The first-order valence-electron chi connectivity index (χ1n) is 8.93. The van der Waals surface area contributed by atoms with Gasteiger partial charge in [-0.2, -0.15) is 5.26 Å². The van der Waals surface area contributed by atoms with Crippen LogP contribution < -0.4 is 4.90 Å².